The molecule has 0 aliphatic heterocycles. The van der Waals surface area contributed by atoms with Crippen molar-refractivity contribution in [3.8, 4) is 0 Å². The summed E-state index contributed by atoms with van der Waals surface area (Å²) in [5.74, 6) is 0. The summed E-state index contributed by atoms with van der Waals surface area (Å²) in [6.45, 7) is 0. The minimum Gasteiger partial charge on any atom is -0.220 e. The first kappa shape index (κ1) is 10.5. The summed E-state index contributed by atoms with van der Waals surface area (Å²) >= 11 is 0. The zero-order valence-corrected chi connectivity index (χ0v) is 4.72. The Bertz CT molecular complexity index is 123. The van der Waals surface area contributed by atoms with Gasteiger partial charge in [-0.15, -0.1) is 0 Å². The first-order valence-corrected chi connectivity index (χ1v) is 2.18. The second-order valence-electron chi connectivity index (χ2n) is 1.55. The van der Waals surface area contributed by atoms with E-state index in [0.29, 0.717) is 0 Å². The molecule has 0 aromatic rings. The fourth-order valence-corrected chi connectivity index (χ4v) is 0.226. The highest BCUT2D eigenvalue weighted by atomic mass is 19.4. The minimum atomic E-state index is -5.53. The van der Waals surface area contributed by atoms with Gasteiger partial charge in [0.25, 0.3) is 6.30 Å². The zero-order chi connectivity index (χ0) is 9.28. The van der Waals surface area contributed by atoms with Crippen LogP contribution in [0, 0.1) is 0 Å². The molecule has 1 N–H and O–H groups in total. The molecule has 0 heterocycles. The van der Waals surface area contributed by atoms with Gasteiger partial charge in [0, 0.05) is 0 Å². The third-order valence-corrected chi connectivity index (χ3v) is 0.578. The maximum absolute atomic E-state index is 11.4. The summed E-state index contributed by atoms with van der Waals surface area (Å²) < 4.78 is 77.5. The van der Waals surface area contributed by atoms with Crippen molar-refractivity contribution < 1.29 is 30.7 Å². The average molecular weight is 185 g/mol. The maximum Gasteiger partial charge on any atom is 0.459 e. The van der Waals surface area contributed by atoms with Gasteiger partial charge in [0.2, 0.25) is 0 Å². The molecule has 68 valence electrons. The Morgan fingerprint density at radius 2 is 1.27 bits per heavy atom. The van der Waals surface area contributed by atoms with Gasteiger partial charge in [-0.2, -0.15) is 31.7 Å². The van der Waals surface area contributed by atoms with Crippen LogP contribution < -0.4 is 5.32 Å². The van der Waals surface area contributed by atoms with Crippen LogP contribution in [-0.2, 0) is 0 Å². The van der Waals surface area contributed by atoms with E-state index in [2.05, 4.69) is 0 Å². The monoisotopic (exact) mass is 185 g/mol. The third kappa shape index (κ3) is 4.82. The van der Waals surface area contributed by atoms with Crippen LogP contribution >= 0.6 is 0 Å². The van der Waals surface area contributed by atoms with Crippen LogP contribution in [0.3, 0.4) is 0 Å². The first-order chi connectivity index (χ1) is 4.63. The standard InChI is InChI=1S/C3H2F7N/c4-1(2(5,6)7)11-3(8,9)10/h1,11H. The van der Waals surface area contributed by atoms with E-state index in [0.717, 1.165) is 0 Å². The lowest BCUT2D eigenvalue weighted by atomic mass is 10.6. The Morgan fingerprint density at radius 3 is 1.36 bits per heavy atom. The van der Waals surface area contributed by atoms with Crippen molar-refractivity contribution in [2.45, 2.75) is 18.8 Å². The van der Waals surface area contributed by atoms with Crippen molar-refractivity contribution in [3.05, 3.63) is 0 Å². The largest absolute Gasteiger partial charge is 0.459 e. The molecule has 0 saturated carbocycles. The average Bonchev–Trinajstić information content (AvgIpc) is 1.56. The van der Waals surface area contributed by atoms with E-state index < -0.39 is 18.8 Å². The first-order valence-electron chi connectivity index (χ1n) is 2.18. The van der Waals surface area contributed by atoms with Crippen LogP contribution in [0.4, 0.5) is 30.7 Å². The van der Waals surface area contributed by atoms with Crippen LogP contribution in [0.1, 0.15) is 0 Å². The third-order valence-electron chi connectivity index (χ3n) is 0.578. The van der Waals surface area contributed by atoms with Crippen molar-refractivity contribution >= 4 is 0 Å². The highest BCUT2D eigenvalue weighted by Gasteiger charge is 2.46. The van der Waals surface area contributed by atoms with Crippen molar-refractivity contribution in [2.75, 3.05) is 0 Å². The smallest absolute Gasteiger partial charge is 0.220 e. The Kier molecular flexibility index (Phi) is 2.70. The zero-order valence-electron chi connectivity index (χ0n) is 4.72. The van der Waals surface area contributed by atoms with Gasteiger partial charge < -0.3 is 0 Å². The molecular formula is C3H2F7N. The molecule has 0 aromatic heterocycles. The molecule has 1 atom stereocenters. The molecule has 0 aromatic carbocycles. The number of hydrogen-bond acceptors (Lipinski definition) is 1. The summed E-state index contributed by atoms with van der Waals surface area (Å²) in [6, 6.07) is 0. The van der Waals surface area contributed by atoms with Gasteiger partial charge in [0.05, 0.1) is 0 Å². The summed E-state index contributed by atoms with van der Waals surface area (Å²) in [6.07, 6.45) is -15.0. The highest BCUT2D eigenvalue weighted by molar-refractivity contribution is 4.64. The molecule has 0 rings (SSSR count). The van der Waals surface area contributed by atoms with E-state index in [1.165, 1.54) is 0 Å². The highest BCUT2D eigenvalue weighted by Crippen LogP contribution is 2.24. The normalized spacial score (nSPS) is 16.6. The molecule has 11 heavy (non-hydrogen) atoms. The summed E-state index contributed by atoms with van der Waals surface area (Å²) in [4.78, 5) is 0. The number of halogens is 7. The molecule has 0 spiro atoms. The molecule has 0 bridgehead atoms. The van der Waals surface area contributed by atoms with Crippen molar-refractivity contribution in [2.24, 2.45) is 0 Å². The van der Waals surface area contributed by atoms with E-state index in [4.69, 9.17) is 0 Å². The van der Waals surface area contributed by atoms with Crippen molar-refractivity contribution in [1.82, 2.24) is 5.32 Å². The molecule has 0 aliphatic carbocycles. The second kappa shape index (κ2) is 2.84. The fraction of sp³-hybridized carbons (Fsp3) is 1.00. The number of hydrogen-bond donors (Lipinski definition) is 1. The van der Waals surface area contributed by atoms with Crippen molar-refractivity contribution in [1.29, 1.82) is 0 Å². The van der Waals surface area contributed by atoms with Gasteiger partial charge in [0.15, 0.2) is 0 Å². The SMILES string of the molecule is FC(NC(F)(F)F)C(F)(F)F. The van der Waals surface area contributed by atoms with E-state index >= 15 is 0 Å². The van der Waals surface area contributed by atoms with Gasteiger partial charge in [-0.3, -0.25) is 0 Å². The van der Waals surface area contributed by atoms with Crippen LogP contribution in [0.15, 0.2) is 0 Å². The molecule has 0 aliphatic rings. The van der Waals surface area contributed by atoms with Gasteiger partial charge in [-0.05, 0) is 0 Å². The maximum atomic E-state index is 11.4. The molecule has 0 radical (unpaired) electrons. The predicted molar refractivity (Wildman–Crippen MR) is 20.1 cm³/mol. The van der Waals surface area contributed by atoms with Gasteiger partial charge in [0.1, 0.15) is 0 Å². The lowest BCUT2D eigenvalue weighted by Gasteiger charge is -2.15. The molecule has 1 unspecified atom stereocenters. The van der Waals surface area contributed by atoms with E-state index in [1.54, 1.807) is 0 Å². The van der Waals surface area contributed by atoms with Crippen LogP contribution in [-0.4, -0.2) is 18.8 Å². The van der Waals surface area contributed by atoms with Gasteiger partial charge in [-0.1, -0.05) is 0 Å². The molecular weight excluding hydrogens is 183 g/mol. The molecule has 0 saturated heterocycles. The van der Waals surface area contributed by atoms with E-state index in [9.17, 15) is 30.7 Å². The summed E-state index contributed by atoms with van der Waals surface area (Å²) in [5, 5.41) is -0.233. The van der Waals surface area contributed by atoms with Crippen LogP contribution in [0.2, 0.25) is 0 Å². The minimum absolute atomic E-state index is 0.233. The summed E-state index contributed by atoms with van der Waals surface area (Å²) in [5.41, 5.74) is 0. The van der Waals surface area contributed by atoms with Crippen LogP contribution in [0.25, 0.3) is 0 Å². The quantitative estimate of drug-likeness (QED) is 0.486. The Hall–Kier alpha value is -0.530. The van der Waals surface area contributed by atoms with Crippen molar-refractivity contribution in [3.63, 3.8) is 0 Å². The van der Waals surface area contributed by atoms with Gasteiger partial charge in [-0.25, -0.2) is 4.39 Å². The number of nitrogens with one attached hydrogen (secondary N) is 1. The fourth-order valence-electron chi connectivity index (χ4n) is 0.226. The number of alkyl halides is 7. The molecule has 8 heteroatoms. The lowest BCUT2D eigenvalue weighted by molar-refractivity contribution is -0.243. The van der Waals surface area contributed by atoms with E-state index in [-0.39, 0.29) is 5.32 Å². The Labute approximate surface area is 56.2 Å². The second-order valence-corrected chi connectivity index (χ2v) is 1.55. The summed E-state index contributed by atoms with van der Waals surface area (Å²) in [7, 11) is 0. The van der Waals surface area contributed by atoms with Crippen LogP contribution in [0.5, 0.6) is 0 Å². The van der Waals surface area contributed by atoms with E-state index in [1.807, 2.05) is 0 Å². The van der Waals surface area contributed by atoms with Gasteiger partial charge >= 0.3 is 12.5 Å². The number of rotatable bonds is 1. The Balaban J connectivity index is 3.99. The molecule has 0 fully saturated rings. The predicted octanol–water partition coefficient (Wildman–Crippen LogP) is 1.95. The topological polar surface area (TPSA) is 12.0 Å². The Morgan fingerprint density at radius 1 is 0.909 bits per heavy atom. The lowest BCUT2D eigenvalue weighted by Crippen LogP contribution is -2.46. The molecule has 0 amide bonds. The molecule has 1 nitrogen and oxygen atoms in total.